The van der Waals surface area contributed by atoms with Crippen molar-refractivity contribution >= 4 is 45.8 Å². The number of fused-ring (bicyclic) bond motifs is 1. The van der Waals surface area contributed by atoms with Gasteiger partial charge >= 0.3 is 0 Å². The number of halogens is 2. The Morgan fingerprint density at radius 2 is 1.96 bits per heavy atom. The van der Waals surface area contributed by atoms with E-state index in [4.69, 9.17) is 14.5 Å². The van der Waals surface area contributed by atoms with Crippen LogP contribution in [-0.4, -0.2) is 65.9 Å². The van der Waals surface area contributed by atoms with Gasteiger partial charge in [-0.1, -0.05) is 6.07 Å². The first-order chi connectivity index (χ1) is 23.3. The Hall–Kier alpha value is -5.76. The van der Waals surface area contributed by atoms with Crippen molar-refractivity contribution in [2.45, 2.75) is 44.8 Å². The lowest BCUT2D eigenvalue weighted by Crippen LogP contribution is -2.25. The highest BCUT2D eigenvalue weighted by molar-refractivity contribution is 5.96. The van der Waals surface area contributed by atoms with E-state index < -0.39 is 18.5 Å². The summed E-state index contributed by atoms with van der Waals surface area (Å²) in [5.41, 5.74) is 2.20. The minimum atomic E-state index is -2.91. The van der Waals surface area contributed by atoms with Gasteiger partial charge in [0.1, 0.15) is 29.4 Å². The van der Waals surface area contributed by atoms with Crippen LogP contribution in [0.4, 0.5) is 37.5 Å². The summed E-state index contributed by atoms with van der Waals surface area (Å²) in [4.78, 5) is 28.8. The molecule has 2 aliphatic rings. The van der Waals surface area contributed by atoms with Crippen LogP contribution in [0.15, 0.2) is 36.4 Å². The number of methoxy groups -OCH3 is 1. The van der Waals surface area contributed by atoms with Gasteiger partial charge in [0.25, 0.3) is 6.43 Å². The molecule has 15 nitrogen and oxygen atoms in total. The number of imidazole rings is 1. The molecular formula is C31H30F2N12O3. The number of hydrogen-bond acceptors (Lipinski definition) is 12. The highest BCUT2D eigenvalue weighted by atomic mass is 19.3. The topological polar surface area (TPSA) is 174 Å². The van der Waals surface area contributed by atoms with Crippen LogP contribution in [0.3, 0.4) is 0 Å². The average molecular weight is 657 g/mol. The fourth-order valence-electron chi connectivity index (χ4n) is 6.03. The van der Waals surface area contributed by atoms with Gasteiger partial charge in [0.05, 0.1) is 36.8 Å². The van der Waals surface area contributed by atoms with Gasteiger partial charge in [0.15, 0.2) is 22.9 Å². The van der Waals surface area contributed by atoms with Gasteiger partial charge in [0, 0.05) is 25.6 Å². The maximum atomic E-state index is 14.6. The summed E-state index contributed by atoms with van der Waals surface area (Å²) in [7, 11) is 3.14. The first-order valence-electron chi connectivity index (χ1n) is 15.3. The highest BCUT2D eigenvalue weighted by Gasteiger charge is 2.30. The van der Waals surface area contributed by atoms with Crippen molar-refractivity contribution in [2.75, 3.05) is 35.8 Å². The number of hydrogen-bond donors (Lipinski definition) is 2. The van der Waals surface area contributed by atoms with Crippen molar-refractivity contribution in [3.63, 3.8) is 0 Å². The summed E-state index contributed by atoms with van der Waals surface area (Å²) in [6.07, 6.45) is -0.359. The smallest absolute Gasteiger partial charge is 0.295 e. The molecule has 0 aliphatic carbocycles. The van der Waals surface area contributed by atoms with E-state index in [9.17, 15) is 18.8 Å². The molecule has 246 valence electrons. The molecule has 2 fully saturated rings. The summed E-state index contributed by atoms with van der Waals surface area (Å²) in [6, 6.07) is 12.3. The molecule has 2 aliphatic heterocycles. The monoisotopic (exact) mass is 656 g/mol. The van der Waals surface area contributed by atoms with Crippen LogP contribution < -0.4 is 20.3 Å². The zero-order valence-corrected chi connectivity index (χ0v) is 26.0. The third kappa shape index (κ3) is 5.70. The first-order valence-corrected chi connectivity index (χ1v) is 15.3. The van der Waals surface area contributed by atoms with Crippen molar-refractivity contribution in [1.82, 2.24) is 39.7 Å². The molecule has 0 radical (unpaired) electrons. The van der Waals surface area contributed by atoms with E-state index in [0.29, 0.717) is 66.6 Å². The highest BCUT2D eigenvalue weighted by Crippen LogP contribution is 2.40. The quantitative estimate of drug-likeness (QED) is 0.214. The normalized spacial score (nSPS) is 16.5. The van der Waals surface area contributed by atoms with Crippen LogP contribution in [0.1, 0.15) is 56.3 Å². The Kier molecular flexibility index (Phi) is 8.23. The number of nitrogens with zero attached hydrogens (tertiary/aromatic N) is 10. The van der Waals surface area contributed by atoms with Gasteiger partial charge < -0.3 is 25.0 Å². The molecule has 1 unspecified atom stereocenters. The molecule has 0 bridgehead atoms. The Labute approximate surface area is 272 Å². The van der Waals surface area contributed by atoms with Crippen molar-refractivity contribution in [2.24, 2.45) is 7.05 Å². The third-order valence-corrected chi connectivity index (χ3v) is 8.15. The maximum Gasteiger partial charge on any atom is 0.295 e. The van der Waals surface area contributed by atoms with Crippen LogP contribution in [-0.2, 0) is 16.6 Å². The molecule has 17 heteroatoms. The number of anilines is 5. The molecule has 1 amide bonds. The zero-order chi connectivity index (χ0) is 33.4. The van der Waals surface area contributed by atoms with E-state index in [1.165, 1.54) is 16.5 Å². The minimum absolute atomic E-state index is 0.0643. The Morgan fingerprint density at radius 1 is 1.08 bits per heavy atom. The van der Waals surface area contributed by atoms with Crippen LogP contribution in [0.25, 0.3) is 22.6 Å². The average Bonchev–Trinajstić information content (AvgIpc) is 3.83. The molecule has 48 heavy (non-hydrogen) atoms. The molecule has 2 saturated heterocycles. The van der Waals surface area contributed by atoms with E-state index in [-0.39, 0.29) is 34.4 Å². The number of aromatic nitrogens is 8. The zero-order valence-electron chi connectivity index (χ0n) is 26.0. The van der Waals surface area contributed by atoms with Gasteiger partial charge in [-0.25, -0.2) is 23.7 Å². The number of nitrogens with one attached hydrogen (secondary N) is 2. The summed E-state index contributed by atoms with van der Waals surface area (Å²) < 4.78 is 42.1. The first kappa shape index (κ1) is 30.9. The van der Waals surface area contributed by atoms with Gasteiger partial charge in [-0.15, -0.1) is 10.2 Å². The van der Waals surface area contributed by atoms with E-state index in [2.05, 4.69) is 42.1 Å². The number of nitriles is 1. The maximum absolute atomic E-state index is 14.6. The molecule has 5 aromatic rings. The summed E-state index contributed by atoms with van der Waals surface area (Å²) >= 11 is 0. The van der Waals surface area contributed by atoms with E-state index in [1.54, 1.807) is 48.3 Å². The van der Waals surface area contributed by atoms with Crippen LogP contribution in [0.2, 0.25) is 0 Å². The number of rotatable bonds is 9. The number of benzene rings is 1. The predicted octanol–water partition coefficient (Wildman–Crippen LogP) is 5.15. The van der Waals surface area contributed by atoms with Crippen LogP contribution in [0, 0.1) is 11.3 Å². The lowest BCUT2D eigenvalue weighted by Gasteiger charge is -2.25. The molecule has 6 heterocycles. The van der Waals surface area contributed by atoms with Crippen LogP contribution in [0.5, 0.6) is 5.75 Å². The van der Waals surface area contributed by atoms with Crippen molar-refractivity contribution in [1.29, 1.82) is 5.26 Å². The number of pyridine rings is 2. The number of para-hydroxylation sites is 1. The van der Waals surface area contributed by atoms with Crippen molar-refractivity contribution in [3.8, 4) is 23.2 Å². The second-order valence-corrected chi connectivity index (χ2v) is 11.3. The van der Waals surface area contributed by atoms with Crippen molar-refractivity contribution in [3.05, 3.63) is 47.9 Å². The van der Waals surface area contributed by atoms with Crippen molar-refractivity contribution < 1.29 is 23.0 Å². The Morgan fingerprint density at radius 3 is 2.65 bits per heavy atom. The second kappa shape index (κ2) is 12.8. The number of carbonyl (C=O) groups is 1. The lowest BCUT2D eigenvalue weighted by atomic mass is 10.1. The minimum Gasteiger partial charge on any atom is -0.494 e. The van der Waals surface area contributed by atoms with E-state index in [1.807, 2.05) is 0 Å². The third-order valence-electron chi connectivity index (χ3n) is 8.15. The van der Waals surface area contributed by atoms with Crippen LogP contribution >= 0.6 is 0 Å². The molecule has 1 atom stereocenters. The molecule has 0 saturated carbocycles. The predicted molar refractivity (Wildman–Crippen MR) is 169 cm³/mol. The summed E-state index contributed by atoms with van der Waals surface area (Å²) in [5.74, 6) is 0.675. The van der Waals surface area contributed by atoms with Gasteiger partial charge in [0.2, 0.25) is 11.7 Å². The lowest BCUT2D eigenvalue weighted by molar-refractivity contribution is -0.117. The van der Waals surface area contributed by atoms with Gasteiger partial charge in [-0.2, -0.15) is 10.1 Å². The fraction of sp³-hybridized carbons (Fsp3) is 0.355. The number of aryl methyl sites for hydroxylation is 1. The Bertz CT molecular complexity index is 2050. The van der Waals surface area contributed by atoms with E-state index in [0.717, 1.165) is 12.8 Å². The number of tetrazole rings is 1. The number of carbonyl (C=O) groups excluding carboxylic acids is 1. The van der Waals surface area contributed by atoms with E-state index >= 15 is 0 Å². The molecule has 0 spiro atoms. The molecule has 2 N–H and O–H groups in total. The van der Waals surface area contributed by atoms with Gasteiger partial charge in [-0.3, -0.25) is 9.36 Å². The number of amides is 1. The summed E-state index contributed by atoms with van der Waals surface area (Å²) in [5, 5.41) is 28.6. The standard InChI is InChI=1S/C31H30F2N12O3/c1-43-41-29(40-42-43)17-7-5-8-18(27(17)47-2)35-19-15-23(37-22-12-11-21(20(16-34)36-22)44-13-6-9-24(44)46)38-30-26(19)39-31(28(32)33)45(30)25-10-3-4-14-48-25/h5,7-8,11-12,15,25,28H,3-4,6,9-10,13-14H2,1-2H3,(H2,35,36,37,38). The fourth-order valence-corrected chi connectivity index (χ4v) is 6.03. The molecule has 7 rings (SSSR count). The number of alkyl halides is 2. The molecule has 1 aromatic carbocycles. The molecule has 4 aromatic heterocycles. The largest absolute Gasteiger partial charge is 0.494 e. The summed E-state index contributed by atoms with van der Waals surface area (Å²) in [6.45, 7) is 0.926. The van der Waals surface area contributed by atoms with Gasteiger partial charge in [-0.05, 0) is 55.2 Å². The molecular weight excluding hydrogens is 626 g/mol. The number of ether oxygens (including phenoxy) is 2. The second-order valence-electron chi connectivity index (χ2n) is 11.3. The SMILES string of the molecule is COc1c(Nc2cc(Nc3ccc(N4CCCC4=O)c(C#N)n3)nc3c2nc(C(F)F)n3C2CCCCO2)cccc1-c1nnn(C)n1. The Balaban J connectivity index is 1.35.